The van der Waals surface area contributed by atoms with Gasteiger partial charge in [-0.2, -0.15) is 4.37 Å². The van der Waals surface area contributed by atoms with Crippen molar-refractivity contribution in [1.29, 1.82) is 0 Å². The Kier molecular flexibility index (Phi) is 4.99. The Morgan fingerprint density at radius 2 is 1.86 bits per heavy atom. The quantitative estimate of drug-likeness (QED) is 0.718. The summed E-state index contributed by atoms with van der Waals surface area (Å²) < 4.78 is 5.29. The SMILES string of the molecule is CCCn1c(=O)[nH]c2c(C(=O)N3CCN(c4ccccc4)CC3)snc2c1=O. The highest BCUT2D eigenvalue weighted by atomic mass is 32.1. The number of aromatic nitrogens is 3. The zero-order valence-electron chi connectivity index (χ0n) is 15.6. The van der Waals surface area contributed by atoms with E-state index in [4.69, 9.17) is 0 Å². The van der Waals surface area contributed by atoms with Crippen LogP contribution in [0.15, 0.2) is 39.9 Å². The summed E-state index contributed by atoms with van der Waals surface area (Å²) in [7, 11) is 0. The molecule has 0 bridgehead atoms. The van der Waals surface area contributed by atoms with Gasteiger partial charge in [0.2, 0.25) is 0 Å². The second-order valence-corrected chi connectivity index (χ2v) is 7.51. The summed E-state index contributed by atoms with van der Waals surface area (Å²) in [6.45, 7) is 4.82. The number of nitrogens with zero attached hydrogens (tertiary/aromatic N) is 4. The molecule has 0 radical (unpaired) electrons. The molecule has 1 amide bonds. The number of H-pyrrole nitrogens is 1. The van der Waals surface area contributed by atoms with Gasteiger partial charge in [-0.1, -0.05) is 25.1 Å². The van der Waals surface area contributed by atoms with Crippen LogP contribution in [0.3, 0.4) is 0 Å². The van der Waals surface area contributed by atoms with Crippen LogP contribution >= 0.6 is 11.5 Å². The van der Waals surface area contributed by atoms with Crippen molar-refractivity contribution in [2.75, 3.05) is 31.1 Å². The summed E-state index contributed by atoms with van der Waals surface area (Å²) in [4.78, 5) is 44.7. The maximum Gasteiger partial charge on any atom is 0.328 e. The summed E-state index contributed by atoms with van der Waals surface area (Å²) >= 11 is 0.973. The largest absolute Gasteiger partial charge is 0.368 e. The van der Waals surface area contributed by atoms with Crippen molar-refractivity contribution in [2.24, 2.45) is 0 Å². The van der Waals surface area contributed by atoms with E-state index in [2.05, 4.69) is 26.4 Å². The topological polar surface area (TPSA) is 91.3 Å². The fraction of sp³-hybridized carbons (Fsp3) is 0.368. The molecule has 8 nitrogen and oxygen atoms in total. The van der Waals surface area contributed by atoms with Crippen LogP contribution < -0.4 is 16.1 Å². The first-order valence-electron chi connectivity index (χ1n) is 9.32. The fourth-order valence-electron chi connectivity index (χ4n) is 3.47. The maximum atomic E-state index is 13.0. The zero-order chi connectivity index (χ0) is 19.7. The molecule has 0 atom stereocenters. The van der Waals surface area contributed by atoms with E-state index < -0.39 is 11.2 Å². The molecule has 1 aliphatic heterocycles. The molecule has 1 aromatic carbocycles. The second-order valence-electron chi connectivity index (χ2n) is 6.74. The first kappa shape index (κ1) is 18.4. The highest BCUT2D eigenvalue weighted by Crippen LogP contribution is 2.21. The summed E-state index contributed by atoms with van der Waals surface area (Å²) in [6.07, 6.45) is 0.663. The van der Waals surface area contributed by atoms with Gasteiger partial charge in [-0.15, -0.1) is 0 Å². The number of carbonyl (C=O) groups is 1. The predicted molar refractivity (Wildman–Crippen MR) is 109 cm³/mol. The zero-order valence-corrected chi connectivity index (χ0v) is 16.4. The third-order valence-electron chi connectivity index (χ3n) is 4.95. The lowest BCUT2D eigenvalue weighted by atomic mass is 10.2. The monoisotopic (exact) mass is 399 g/mol. The highest BCUT2D eigenvalue weighted by Gasteiger charge is 2.26. The molecule has 28 heavy (non-hydrogen) atoms. The van der Waals surface area contributed by atoms with Gasteiger partial charge in [0.05, 0.1) is 5.52 Å². The number of fused-ring (bicyclic) bond motifs is 1. The standard InChI is InChI=1S/C19H21N5O3S/c1-2-8-24-17(25)15-14(20-19(24)27)16(28-21-15)18(26)23-11-9-22(10-12-23)13-6-4-3-5-7-13/h3-7H,2,8-12H2,1H3,(H,20,27). The van der Waals surface area contributed by atoms with Crippen molar-refractivity contribution in [3.63, 3.8) is 0 Å². The third kappa shape index (κ3) is 3.22. The van der Waals surface area contributed by atoms with E-state index in [1.54, 1.807) is 4.90 Å². The van der Waals surface area contributed by atoms with Crippen LogP contribution in [-0.4, -0.2) is 50.9 Å². The summed E-state index contributed by atoms with van der Waals surface area (Å²) in [5.41, 5.74) is 0.609. The number of amides is 1. The lowest BCUT2D eigenvalue weighted by Gasteiger charge is -2.35. The molecule has 4 rings (SSSR count). The second kappa shape index (κ2) is 7.59. The summed E-state index contributed by atoms with van der Waals surface area (Å²) in [6, 6.07) is 10.1. The number of para-hydroxylation sites is 1. The van der Waals surface area contributed by atoms with Crippen LogP contribution in [-0.2, 0) is 6.54 Å². The van der Waals surface area contributed by atoms with E-state index in [0.717, 1.165) is 34.9 Å². The maximum absolute atomic E-state index is 13.0. The number of piperazine rings is 1. The lowest BCUT2D eigenvalue weighted by Crippen LogP contribution is -2.48. The first-order chi connectivity index (χ1) is 13.6. The average Bonchev–Trinajstić information content (AvgIpc) is 3.15. The van der Waals surface area contributed by atoms with Crippen LogP contribution in [0.4, 0.5) is 5.69 Å². The Hall–Kier alpha value is -2.94. The molecule has 2 aromatic heterocycles. The van der Waals surface area contributed by atoms with E-state index in [1.807, 2.05) is 25.1 Å². The smallest absolute Gasteiger partial charge is 0.328 e. The number of hydrogen-bond acceptors (Lipinski definition) is 6. The molecule has 3 aromatic rings. The van der Waals surface area contributed by atoms with Crippen molar-refractivity contribution in [1.82, 2.24) is 18.8 Å². The average molecular weight is 399 g/mol. The fourth-order valence-corrected chi connectivity index (χ4v) is 4.27. The van der Waals surface area contributed by atoms with Crippen LogP contribution in [0.25, 0.3) is 11.0 Å². The Balaban J connectivity index is 1.57. The molecule has 0 aliphatic carbocycles. The minimum Gasteiger partial charge on any atom is -0.368 e. The summed E-state index contributed by atoms with van der Waals surface area (Å²) in [5.74, 6) is -0.191. The van der Waals surface area contributed by atoms with E-state index in [-0.39, 0.29) is 16.9 Å². The molecule has 0 unspecified atom stereocenters. The van der Waals surface area contributed by atoms with Crippen molar-refractivity contribution in [2.45, 2.75) is 19.9 Å². The molecule has 1 saturated heterocycles. The van der Waals surface area contributed by atoms with Gasteiger partial charge in [0.15, 0.2) is 5.52 Å². The predicted octanol–water partition coefficient (Wildman–Crippen LogP) is 1.52. The van der Waals surface area contributed by atoms with Crippen molar-refractivity contribution in [3.05, 3.63) is 56.0 Å². The molecule has 146 valence electrons. The number of carbonyl (C=O) groups excluding carboxylic acids is 1. The number of nitrogens with one attached hydrogen (secondary N) is 1. The molecule has 1 N–H and O–H groups in total. The van der Waals surface area contributed by atoms with Gasteiger partial charge in [-0.25, -0.2) is 4.79 Å². The van der Waals surface area contributed by atoms with E-state index in [1.165, 1.54) is 0 Å². The molecule has 0 saturated carbocycles. The minimum atomic E-state index is -0.498. The van der Waals surface area contributed by atoms with Crippen LogP contribution in [0.2, 0.25) is 0 Å². The van der Waals surface area contributed by atoms with E-state index in [9.17, 15) is 14.4 Å². The van der Waals surface area contributed by atoms with Crippen molar-refractivity contribution in [3.8, 4) is 0 Å². The number of benzene rings is 1. The molecular formula is C19H21N5O3S. The molecule has 9 heteroatoms. The van der Waals surface area contributed by atoms with Gasteiger partial charge in [-0.3, -0.25) is 14.2 Å². The van der Waals surface area contributed by atoms with Crippen molar-refractivity contribution >= 4 is 34.2 Å². The van der Waals surface area contributed by atoms with Gasteiger partial charge >= 0.3 is 5.69 Å². The number of aromatic amines is 1. The molecule has 1 aliphatic rings. The normalized spacial score (nSPS) is 14.6. The van der Waals surface area contributed by atoms with Crippen LogP contribution in [0, 0.1) is 0 Å². The minimum absolute atomic E-state index is 0.157. The Morgan fingerprint density at radius 1 is 1.14 bits per heavy atom. The number of anilines is 1. The molecule has 3 heterocycles. The van der Waals surface area contributed by atoms with E-state index >= 15 is 0 Å². The first-order valence-corrected chi connectivity index (χ1v) is 10.1. The van der Waals surface area contributed by atoms with Gasteiger partial charge in [0, 0.05) is 38.4 Å². The Morgan fingerprint density at radius 3 is 2.54 bits per heavy atom. The van der Waals surface area contributed by atoms with Gasteiger partial charge in [0.25, 0.3) is 11.5 Å². The molecule has 1 fully saturated rings. The van der Waals surface area contributed by atoms with E-state index in [0.29, 0.717) is 30.9 Å². The lowest BCUT2D eigenvalue weighted by molar-refractivity contribution is 0.0753. The van der Waals surface area contributed by atoms with Crippen LogP contribution in [0.1, 0.15) is 23.0 Å². The summed E-state index contributed by atoms with van der Waals surface area (Å²) in [5, 5.41) is 0. The Bertz CT molecular complexity index is 1110. The van der Waals surface area contributed by atoms with Crippen LogP contribution in [0.5, 0.6) is 0 Å². The Labute approximate surface area is 165 Å². The molecular weight excluding hydrogens is 378 g/mol. The van der Waals surface area contributed by atoms with Gasteiger partial charge in [0.1, 0.15) is 4.88 Å². The highest BCUT2D eigenvalue weighted by molar-refractivity contribution is 7.09. The molecule has 0 spiro atoms. The third-order valence-corrected chi connectivity index (χ3v) is 5.78. The number of rotatable bonds is 4. The number of hydrogen-bond donors (Lipinski definition) is 1. The van der Waals surface area contributed by atoms with Gasteiger partial charge < -0.3 is 14.8 Å². The van der Waals surface area contributed by atoms with Crippen molar-refractivity contribution < 1.29 is 4.79 Å². The van der Waals surface area contributed by atoms with Gasteiger partial charge in [-0.05, 0) is 30.1 Å².